The molecule has 0 radical (unpaired) electrons. The lowest BCUT2D eigenvalue weighted by Crippen LogP contribution is -2.21. The molecule has 22 heavy (non-hydrogen) atoms. The molecule has 3 rings (SSSR count). The topological polar surface area (TPSA) is 29.0 Å². The molecule has 3 nitrogen and oxygen atoms in total. The maximum absolute atomic E-state index is 12.9. The van der Waals surface area contributed by atoms with Crippen LogP contribution in [0.15, 0.2) is 36.4 Å². The molecule has 0 aliphatic carbocycles. The van der Waals surface area contributed by atoms with Gasteiger partial charge in [-0.2, -0.15) is 13.2 Å². The predicted octanol–water partition coefficient (Wildman–Crippen LogP) is 3.63. The summed E-state index contributed by atoms with van der Waals surface area (Å²) in [5.41, 5.74) is 0.0225. The molecule has 0 bridgehead atoms. The molecule has 1 aromatic heterocycles. The van der Waals surface area contributed by atoms with Crippen LogP contribution in [0.2, 0.25) is 0 Å². The third-order valence-corrected chi connectivity index (χ3v) is 3.79. The minimum atomic E-state index is -4.48. The van der Waals surface area contributed by atoms with Gasteiger partial charge in [0.05, 0.1) is 0 Å². The molecule has 2 aromatic rings. The van der Waals surface area contributed by atoms with Gasteiger partial charge < -0.3 is 4.90 Å². The average Bonchev–Trinajstić information content (AvgIpc) is 2.97. The van der Waals surface area contributed by atoms with Gasteiger partial charge in [-0.1, -0.05) is 12.1 Å². The van der Waals surface area contributed by atoms with Gasteiger partial charge in [-0.3, -0.25) is 0 Å². The number of benzene rings is 1. The lowest BCUT2D eigenvalue weighted by molar-refractivity contribution is -0.141. The number of alkyl halides is 3. The van der Waals surface area contributed by atoms with E-state index in [9.17, 15) is 17.6 Å². The van der Waals surface area contributed by atoms with Crippen molar-refractivity contribution < 1.29 is 17.6 Å². The van der Waals surface area contributed by atoms with Gasteiger partial charge in [0.15, 0.2) is 11.5 Å². The summed E-state index contributed by atoms with van der Waals surface area (Å²) in [6, 6.07) is 8.58. The first-order valence-corrected chi connectivity index (χ1v) is 6.85. The predicted molar refractivity (Wildman–Crippen MR) is 73.0 cm³/mol. The normalized spacial score (nSPS) is 18.7. The Morgan fingerprint density at radius 1 is 1.00 bits per heavy atom. The molecule has 1 fully saturated rings. The molecule has 116 valence electrons. The molecular weight excluding hydrogens is 298 g/mol. The quantitative estimate of drug-likeness (QED) is 0.793. The van der Waals surface area contributed by atoms with Crippen molar-refractivity contribution in [1.29, 1.82) is 0 Å². The van der Waals surface area contributed by atoms with Crippen LogP contribution < -0.4 is 4.90 Å². The highest BCUT2D eigenvalue weighted by Crippen LogP contribution is 2.31. The molecule has 1 unspecified atom stereocenters. The van der Waals surface area contributed by atoms with E-state index >= 15 is 0 Å². The molecule has 1 saturated heterocycles. The van der Waals surface area contributed by atoms with Gasteiger partial charge in [-0.15, -0.1) is 10.2 Å². The summed E-state index contributed by atoms with van der Waals surface area (Å²) < 4.78 is 50.3. The van der Waals surface area contributed by atoms with Crippen LogP contribution in [-0.2, 0) is 6.18 Å². The number of nitrogens with zero attached hydrogens (tertiary/aromatic N) is 3. The first-order valence-electron chi connectivity index (χ1n) is 6.85. The number of rotatable bonds is 2. The second-order valence-corrected chi connectivity index (χ2v) is 5.26. The maximum Gasteiger partial charge on any atom is 0.435 e. The summed E-state index contributed by atoms with van der Waals surface area (Å²) in [6.45, 7) is 1.31. The minimum absolute atomic E-state index is 0.213. The number of halogens is 4. The van der Waals surface area contributed by atoms with Gasteiger partial charge in [-0.05, 0) is 36.2 Å². The van der Waals surface area contributed by atoms with E-state index in [1.54, 1.807) is 12.1 Å². The third kappa shape index (κ3) is 3.03. The minimum Gasteiger partial charge on any atom is -0.354 e. The van der Waals surface area contributed by atoms with Crippen molar-refractivity contribution in [3.8, 4) is 0 Å². The van der Waals surface area contributed by atoms with Crippen molar-refractivity contribution in [3.63, 3.8) is 0 Å². The Hall–Kier alpha value is -2.18. The Morgan fingerprint density at radius 3 is 2.32 bits per heavy atom. The second-order valence-electron chi connectivity index (χ2n) is 5.26. The highest BCUT2D eigenvalue weighted by Gasteiger charge is 2.33. The van der Waals surface area contributed by atoms with Gasteiger partial charge in [0.2, 0.25) is 0 Å². The van der Waals surface area contributed by atoms with E-state index < -0.39 is 11.9 Å². The largest absolute Gasteiger partial charge is 0.435 e. The first kappa shape index (κ1) is 14.7. The molecule has 1 aromatic carbocycles. The van der Waals surface area contributed by atoms with E-state index in [0.717, 1.165) is 18.1 Å². The van der Waals surface area contributed by atoms with E-state index in [4.69, 9.17) is 0 Å². The Labute approximate surface area is 124 Å². The molecule has 1 atom stereocenters. The Morgan fingerprint density at radius 2 is 1.73 bits per heavy atom. The zero-order valence-corrected chi connectivity index (χ0v) is 11.5. The molecule has 0 amide bonds. The van der Waals surface area contributed by atoms with E-state index in [2.05, 4.69) is 10.2 Å². The monoisotopic (exact) mass is 311 g/mol. The van der Waals surface area contributed by atoms with Crippen molar-refractivity contribution in [2.75, 3.05) is 18.0 Å². The molecule has 7 heteroatoms. The number of hydrogen-bond acceptors (Lipinski definition) is 3. The Kier molecular flexibility index (Phi) is 3.72. The zero-order valence-electron chi connectivity index (χ0n) is 11.5. The highest BCUT2D eigenvalue weighted by atomic mass is 19.4. The summed E-state index contributed by atoms with van der Waals surface area (Å²) in [5, 5.41) is 6.90. The van der Waals surface area contributed by atoms with Gasteiger partial charge >= 0.3 is 6.18 Å². The first-order chi connectivity index (χ1) is 10.4. The van der Waals surface area contributed by atoms with Gasteiger partial charge in [0, 0.05) is 19.0 Å². The number of hydrogen-bond donors (Lipinski definition) is 0. The SMILES string of the molecule is Fc1ccc(C2CCN(c3ccc(C(F)(F)F)nn3)C2)cc1. The van der Waals surface area contributed by atoms with Crippen molar-refractivity contribution in [2.24, 2.45) is 0 Å². The van der Waals surface area contributed by atoms with Crippen LogP contribution in [0.25, 0.3) is 0 Å². The molecule has 1 aliphatic heterocycles. The molecular formula is C15H13F4N3. The van der Waals surface area contributed by atoms with E-state index in [-0.39, 0.29) is 11.7 Å². The number of aromatic nitrogens is 2. The molecule has 0 spiro atoms. The fraction of sp³-hybridized carbons (Fsp3) is 0.333. The average molecular weight is 311 g/mol. The van der Waals surface area contributed by atoms with Gasteiger partial charge in [0.1, 0.15) is 5.82 Å². The van der Waals surface area contributed by atoms with Crippen LogP contribution in [0.4, 0.5) is 23.4 Å². The van der Waals surface area contributed by atoms with Crippen LogP contribution >= 0.6 is 0 Å². The smallest absolute Gasteiger partial charge is 0.354 e. The van der Waals surface area contributed by atoms with Gasteiger partial charge in [-0.25, -0.2) is 4.39 Å². The molecule has 0 N–H and O–H groups in total. The zero-order chi connectivity index (χ0) is 15.7. The maximum atomic E-state index is 12.9. The standard InChI is InChI=1S/C15H13F4N3/c16-12-3-1-10(2-4-12)11-7-8-22(9-11)14-6-5-13(20-21-14)15(17,18)19/h1-6,11H,7-9H2. The molecule has 1 aliphatic rings. The molecule has 2 heterocycles. The van der Waals surface area contributed by atoms with Crippen molar-refractivity contribution in [3.05, 3.63) is 53.5 Å². The Balaban J connectivity index is 1.71. The summed E-state index contributed by atoms with van der Waals surface area (Å²) in [5.74, 6) is 0.356. The molecule has 0 saturated carbocycles. The van der Waals surface area contributed by atoms with E-state index in [1.165, 1.54) is 18.2 Å². The van der Waals surface area contributed by atoms with Crippen LogP contribution in [0.5, 0.6) is 0 Å². The van der Waals surface area contributed by atoms with Crippen molar-refractivity contribution >= 4 is 5.82 Å². The lowest BCUT2D eigenvalue weighted by Gasteiger charge is -2.17. The van der Waals surface area contributed by atoms with E-state index in [0.29, 0.717) is 18.9 Å². The summed E-state index contributed by atoms with van der Waals surface area (Å²) >= 11 is 0. The van der Waals surface area contributed by atoms with Crippen molar-refractivity contribution in [1.82, 2.24) is 10.2 Å². The summed E-state index contributed by atoms with van der Waals surface area (Å²) in [7, 11) is 0. The van der Waals surface area contributed by atoms with Crippen LogP contribution in [0.1, 0.15) is 23.6 Å². The second kappa shape index (κ2) is 5.55. The number of anilines is 1. The van der Waals surface area contributed by atoms with Gasteiger partial charge in [0.25, 0.3) is 0 Å². The fourth-order valence-corrected chi connectivity index (χ4v) is 2.62. The highest BCUT2D eigenvalue weighted by molar-refractivity contribution is 5.41. The summed E-state index contributed by atoms with van der Waals surface area (Å²) in [4.78, 5) is 1.89. The fourth-order valence-electron chi connectivity index (χ4n) is 2.62. The van der Waals surface area contributed by atoms with Crippen LogP contribution in [0, 0.1) is 5.82 Å². The van der Waals surface area contributed by atoms with Crippen molar-refractivity contribution in [2.45, 2.75) is 18.5 Å². The van der Waals surface area contributed by atoms with E-state index in [1.807, 2.05) is 4.90 Å². The third-order valence-electron chi connectivity index (χ3n) is 3.79. The summed E-state index contributed by atoms with van der Waals surface area (Å²) in [6.07, 6.45) is -3.64. The lowest BCUT2D eigenvalue weighted by atomic mass is 9.99. The van der Waals surface area contributed by atoms with Crippen LogP contribution in [-0.4, -0.2) is 23.3 Å². The Bertz CT molecular complexity index is 637. The van der Waals surface area contributed by atoms with Crippen LogP contribution in [0.3, 0.4) is 0 Å².